The van der Waals surface area contributed by atoms with E-state index in [4.69, 9.17) is 16.5 Å². The zero-order chi connectivity index (χ0) is 17.0. The molecule has 0 unspecified atom stereocenters. The summed E-state index contributed by atoms with van der Waals surface area (Å²) in [6, 6.07) is 5.03. The smallest absolute Gasteiger partial charge is 0.472 e. The van der Waals surface area contributed by atoms with Gasteiger partial charge in [0.15, 0.2) is 0 Å². The topological polar surface area (TPSA) is 65.4 Å². The lowest BCUT2D eigenvalue weighted by atomic mass is 10.1. The summed E-state index contributed by atoms with van der Waals surface area (Å²) in [4.78, 5) is 13.5. The van der Waals surface area contributed by atoms with Crippen LogP contribution in [0.5, 0.6) is 11.6 Å². The van der Waals surface area contributed by atoms with Gasteiger partial charge in [-0.3, -0.25) is 9.63 Å². The molecule has 11 heteroatoms. The van der Waals surface area contributed by atoms with E-state index >= 15 is 0 Å². The van der Waals surface area contributed by atoms with Gasteiger partial charge in [-0.1, -0.05) is 6.07 Å². The Morgan fingerprint density at radius 2 is 2.13 bits per heavy atom. The van der Waals surface area contributed by atoms with Crippen LogP contribution in [0.15, 0.2) is 30.5 Å². The molecule has 0 atom stereocenters. The molecular weight excluding hydrogens is 359 g/mol. The summed E-state index contributed by atoms with van der Waals surface area (Å²) >= 11 is 9.14. The zero-order valence-electron chi connectivity index (χ0n) is 11.2. The number of amides is 1. The first-order chi connectivity index (χ1) is 10.8. The molecule has 0 saturated carbocycles. The maximum absolute atomic E-state index is 12.5. The van der Waals surface area contributed by atoms with Gasteiger partial charge in [0.1, 0.15) is 12.4 Å². The molecule has 0 spiro atoms. The Morgan fingerprint density at radius 1 is 1.39 bits per heavy atom. The number of halogens is 4. The van der Waals surface area contributed by atoms with Crippen LogP contribution < -0.4 is 14.3 Å². The van der Waals surface area contributed by atoms with Gasteiger partial charge in [0.25, 0.3) is 5.91 Å². The first-order valence-corrected chi connectivity index (χ1v) is 6.74. The average Bonchev–Trinajstić information content (AvgIpc) is 2.89. The van der Waals surface area contributed by atoms with Crippen molar-refractivity contribution in [2.24, 2.45) is 0 Å². The van der Waals surface area contributed by atoms with Crippen LogP contribution >= 0.6 is 24.6 Å². The molecule has 0 aliphatic rings. The van der Waals surface area contributed by atoms with Crippen LogP contribution in [0.3, 0.4) is 0 Å². The van der Waals surface area contributed by atoms with Gasteiger partial charge in [0.05, 0.1) is 5.56 Å². The Labute approximate surface area is 138 Å². The summed E-state index contributed by atoms with van der Waals surface area (Å²) in [6.07, 6.45) is -3.46. The quantitative estimate of drug-likeness (QED) is 0.630. The number of rotatable bonds is 5. The van der Waals surface area contributed by atoms with Crippen molar-refractivity contribution in [3.05, 3.63) is 41.6 Å². The van der Waals surface area contributed by atoms with E-state index in [-0.39, 0.29) is 17.0 Å². The van der Waals surface area contributed by atoms with Crippen molar-refractivity contribution >= 4 is 30.5 Å². The second-order valence-corrected chi connectivity index (χ2v) is 4.72. The van der Waals surface area contributed by atoms with Gasteiger partial charge in [-0.2, -0.15) is 0 Å². The number of thiol groups is 1. The molecule has 1 heterocycles. The summed E-state index contributed by atoms with van der Waals surface area (Å²) in [7, 11) is 0. The van der Waals surface area contributed by atoms with Crippen molar-refractivity contribution in [2.45, 2.75) is 13.0 Å². The van der Waals surface area contributed by atoms with Crippen LogP contribution in [0.1, 0.15) is 15.9 Å². The van der Waals surface area contributed by atoms with Crippen LogP contribution in [0.4, 0.5) is 13.2 Å². The normalized spacial score (nSPS) is 11.2. The molecule has 0 bridgehead atoms. The highest BCUT2D eigenvalue weighted by molar-refractivity contribution is 7.78. The molecule has 1 aromatic carbocycles. The molecule has 1 amide bonds. The number of nitrogens with one attached hydrogen (secondary N) is 1. The molecule has 23 heavy (non-hydrogen) atoms. The molecule has 1 N–H and O–H groups in total. The molecule has 2 aromatic rings. The Hall–Kier alpha value is -2.07. The van der Waals surface area contributed by atoms with Crippen molar-refractivity contribution in [3.8, 4) is 11.6 Å². The molecule has 0 radical (unpaired) electrons. The second-order valence-electron chi connectivity index (χ2n) is 4.12. The molecule has 0 fully saturated rings. The molecule has 0 aliphatic heterocycles. The van der Waals surface area contributed by atoms with E-state index in [0.717, 1.165) is 10.2 Å². The Bertz CT molecular complexity index is 708. The van der Waals surface area contributed by atoms with E-state index in [1.165, 1.54) is 24.4 Å². The number of hydrogen-bond donors (Lipinski definition) is 2. The minimum Gasteiger partial charge on any atom is -0.472 e. The van der Waals surface area contributed by atoms with Crippen molar-refractivity contribution < 1.29 is 27.4 Å². The monoisotopic (exact) mass is 367 g/mol. The third kappa shape index (κ3) is 4.70. The number of ether oxygens (including phenoxy) is 2. The largest absolute Gasteiger partial charge is 0.573 e. The summed E-state index contributed by atoms with van der Waals surface area (Å²) in [6.45, 7) is -0.392. The molecule has 0 aliphatic carbocycles. The maximum Gasteiger partial charge on any atom is 0.573 e. The fourth-order valence-corrected chi connectivity index (χ4v) is 1.98. The summed E-state index contributed by atoms with van der Waals surface area (Å²) in [5.74, 6) is -1.25. The second kappa shape index (κ2) is 7.01. The van der Waals surface area contributed by atoms with Crippen molar-refractivity contribution in [3.63, 3.8) is 0 Å². The molecule has 124 valence electrons. The van der Waals surface area contributed by atoms with Crippen LogP contribution in [0, 0.1) is 0 Å². The third-order valence-electron chi connectivity index (χ3n) is 2.61. The molecular formula is C12H9ClF3N3O3S. The highest BCUT2D eigenvalue weighted by atomic mass is 35.5. The Balaban J connectivity index is 2.33. The number of hydrogen-bond acceptors (Lipinski definition) is 5. The van der Waals surface area contributed by atoms with Crippen LogP contribution in [0.2, 0.25) is 0 Å². The van der Waals surface area contributed by atoms with E-state index in [9.17, 15) is 18.0 Å². The standard InChI is InChI=1S/C12H9ClF3N3O3S/c13-17-11(20)7-2-1-3-9(22-12(14,15)16)8(7)6-21-10-4-5-19(23)18-10/h1-5,23H,6H2,(H,17,20). The van der Waals surface area contributed by atoms with Gasteiger partial charge >= 0.3 is 6.36 Å². The Morgan fingerprint density at radius 3 is 2.70 bits per heavy atom. The fourth-order valence-electron chi connectivity index (χ4n) is 1.72. The summed E-state index contributed by atoms with van der Waals surface area (Å²) in [5, 5.41) is 3.79. The lowest BCUT2D eigenvalue weighted by molar-refractivity contribution is -0.275. The first-order valence-electron chi connectivity index (χ1n) is 5.96. The minimum absolute atomic E-state index is 0.110. The number of alkyl halides is 3. The van der Waals surface area contributed by atoms with Gasteiger partial charge < -0.3 is 9.47 Å². The summed E-state index contributed by atoms with van der Waals surface area (Å²) < 4.78 is 47.8. The average molecular weight is 368 g/mol. The zero-order valence-corrected chi connectivity index (χ0v) is 12.8. The fraction of sp³-hybridized carbons (Fsp3) is 0.167. The van der Waals surface area contributed by atoms with Gasteiger partial charge in [0, 0.05) is 29.6 Å². The summed E-state index contributed by atoms with van der Waals surface area (Å²) in [5.41, 5.74) is -0.247. The predicted octanol–water partition coefficient (Wildman–Crippen LogP) is 2.94. The maximum atomic E-state index is 12.5. The Kier molecular flexibility index (Phi) is 5.26. The van der Waals surface area contributed by atoms with E-state index in [2.05, 4.69) is 22.7 Å². The highest BCUT2D eigenvalue weighted by Gasteiger charge is 2.33. The van der Waals surface area contributed by atoms with Crippen molar-refractivity contribution in [1.29, 1.82) is 0 Å². The molecule has 6 nitrogen and oxygen atoms in total. The van der Waals surface area contributed by atoms with Crippen LogP contribution in [-0.4, -0.2) is 21.5 Å². The number of nitrogens with zero attached hydrogens (tertiary/aromatic N) is 2. The molecule has 0 saturated heterocycles. The minimum atomic E-state index is -4.92. The van der Waals surface area contributed by atoms with Crippen LogP contribution in [0.25, 0.3) is 0 Å². The number of aromatic nitrogens is 2. The van der Waals surface area contributed by atoms with E-state index < -0.39 is 24.6 Å². The van der Waals surface area contributed by atoms with Gasteiger partial charge in [-0.15, -0.1) is 18.3 Å². The van der Waals surface area contributed by atoms with Crippen LogP contribution in [-0.2, 0) is 6.61 Å². The van der Waals surface area contributed by atoms with Crippen molar-refractivity contribution in [2.75, 3.05) is 0 Å². The number of carbonyl (C=O) groups excluding carboxylic acids is 1. The third-order valence-corrected chi connectivity index (χ3v) is 3.00. The lowest BCUT2D eigenvalue weighted by Gasteiger charge is -2.15. The molecule has 2 rings (SSSR count). The van der Waals surface area contributed by atoms with E-state index in [1.54, 1.807) is 0 Å². The lowest BCUT2D eigenvalue weighted by Crippen LogP contribution is -2.21. The SMILES string of the molecule is O=C(NCl)c1cccc(OC(F)(F)F)c1COc1ccn(S)n1. The van der Waals surface area contributed by atoms with Gasteiger partial charge in [0.2, 0.25) is 5.88 Å². The first kappa shape index (κ1) is 17.3. The van der Waals surface area contributed by atoms with E-state index in [0.29, 0.717) is 0 Å². The number of benzene rings is 1. The van der Waals surface area contributed by atoms with E-state index in [1.807, 2.05) is 4.84 Å². The van der Waals surface area contributed by atoms with Gasteiger partial charge in [-0.05, 0) is 24.9 Å². The predicted molar refractivity (Wildman–Crippen MR) is 77.4 cm³/mol. The van der Waals surface area contributed by atoms with Gasteiger partial charge in [-0.25, -0.2) is 4.09 Å². The van der Waals surface area contributed by atoms with Crippen molar-refractivity contribution in [1.82, 2.24) is 14.0 Å². The molecule has 1 aromatic heterocycles. The highest BCUT2D eigenvalue weighted by Crippen LogP contribution is 2.29. The number of carbonyl (C=O) groups is 1.